The predicted octanol–water partition coefficient (Wildman–Crippen LogP) is 3.92. The molecule has 2 aromatic rings. The zero-order chi connectivity index (χ0) is 19.6. The number of hydrogen-bond donors (Lipinski definition) is 1. The molecule has 0 aliphatic heterocycles. The van der Waals surface area contributed by atoms with Gasteiger partial charge < -0.3 is 19.5 Å². The van der Waals surface area contributed by atoms with E-state index in [-0.39, 0.29) is 5.91 Å². The molecule has 6 heteroatoms. The Kier molecular flexibility index (Phi) is 7.43. The summed E-state index contributed by atoms with van der Waals surface area (Å²) in [6.07, 6.45) is 3.08. The van der Waals surface area contributed by atoms with E-state index in [0.717, 1.165) is 5.56 Å². The Hall–Kier alpha value is -3.28. The molecule has 0 aliphatic carbocycles. The Morgan fingerprint density at radius 2 is 1.63 bits per heavy atom. The van der Waals surface area contributed by atoms with Crippen molar-refractivity contribution in [3.05, 3.63) is 59.7 Å². The van der Waals surface area contributed by atoms with Crippen molar-refractivity contribution in [2.24, 2.45) is 0 Å². The van der Waals surface area contributed by atoms with Crippen molar-refractivity contribution < 1.29 is 23.8 Å². The van der Waals surface area contributed by atoms with Crippen molar-refractivity contribution in [1.82, 2.24) is 0 Å². The van der Waals surface area contributed by atoms with E-state index in [1.54, 1.807) is 48.5 Å². The molecule has 0 atom stereocenters. The number of nitrogens with one attached hydrogen (secondary N) is 1. The Morgan fingerprint density at radius 3 is 2.26 bits per heavy atom. The van der Waals surface area contributed by atoms with Gasteiger partial charge in [0.25, 0.3) is 0 Å². The lowest BCUT2D eigenvalue weighted by Gasteiger charge is -2.12. The van der Waals surface area contributed by atoms with Gasteiger partial charge in [-0.3, -0.25) is 4.79 Å². The highest BCUT2D eigenvalue weighted by Crippen LogP contribution is 2.30. The van der Waals surface area contributed by atoms with Crippen LogP contribution in [-0.2, 0) is 9.53 Å². The Morgan fingerprint density at radius 1 is 0.963 bits per heavy atom. The zero-order valence-corrected chi connectivity index (χ0v) is 15.7. The molecular formula is C21H23NO5. The molecule has 0 aromatic heterocycles. The first-order valence-electron chi connectivity index (χ1n) is 8.64. The molecular weight excluding hydrogens is 346 g/mol. The molecule has 0 aliphatic rings. The maximum atomic E-state index is 12.1. The summed E-state index contributed by atoms with van der Waals surface area (Å²) in [5, 5.41) is 2.78. The quantitative estimate of drug-likeness (QED) is 0.564. The van der Waals surface area contributed by atoms with Crippen molar-refractivity contribution in [2.75, 3.05) is 25.6 Å². The van der Waals surface area contributed by atoms with E-state index in [2.05, 4.69) is 10.1 Å². The largest absolute Gasteiger partial charge is 0.490 e. The predicted molar refractivity (Wildman–Crippen MR) is 104 cm³/mol. The van der Waals surface area contributed by atoms with Crippen LogP contribution in [0.25, 0.3) is 6.08 Å². The second kappa shape index (κ2) is 10.0. The Labute approximate surface area is 158 Å². The standard InChI is InChI=1S/C21H23NO5/c1-4-26-18-12-11-17(14-19(18)27-5-2)22-20(23)13-8-15-6-9-16(10-7-15)21(24)25-3/h6-14H,4-5H2,1-3H3,(H,22,23)/b13-8+. The van der Waals surface area contributed by atoms with Gasteiger partial charge >= 0.3 is 5.97 Å². The third-order valence-electron chi connectivity index (χ3n) is 3.57. The minimum absolute atomic E-state index is 0.279. The van der Waals surface area contributed by atoms with Gasteiger partial charge in [-0.25, -0.2) is 4.79 Å². The van der Waals surface area contributed by atoms with Gasteiger partial charge in [-0.2, -0.15) is 0 Å². The van der Waals surface area contributed by atoms with Gasteiger partial charge in [0, 0.05) is 17.8 Å². The van der Waals surface area contributed by atoms with Gasteiger partial charge in [-0.05, 0) is 49.8 Å². The normalized spacial score (nSPS) is 10.5. The van der Waals surface area contributed by atoms with Crippen LogP contribution < -0.4 is 14.8 Å². The first kappa shape index (κ1) is 20.0. The number of carbonyl (C=O) groups is 2. The lowest BCUT2D eigenvalue weighted by atomic mass is 10.1. The third kappa shape index (κ3) is 5.88. The third-order valence-corrected chi connectivity index (χ3v) is 3.57. The molecule has 0 saturated heterocycles. The highest BCUT2D eigenvalue weighted by molar-refractivity contribution is 6.02. The fourth-order valence-corrected chi connectivity index (χ4v) is 2.33. The lowest BCUT2D eigenvalue weighted by molar-refractivity contribution is -0.111. The second-order valence-corrected chi connectivity index (χ2v) is 5.46. The summed E-state index contributed by atoms with van der Waals surface area (Å²) in [5.41, 5.74) is 1.86. The number of methoxy groups -OCH3 is 1. The molecule has 6 nitrogen and oxygen atoms in total. The van der Waals surface area contributed by atoms with Crippen molar-refractivity contribution in [3.8, 4) is 11.5 Å². The summed E-state index contributed by atoms with van der Waals surface area (Å²) in [7, 11) is 1.33. The number of ether oxygens (including phenoxy) is 3. The number of anilines is 1. The van der Waals surface area contributed by atoms with Crippen LogP contribution in [0.15, 0.2) is 48.5 Å². The maximum absolute atomic E-state index is 12.1. The molecule has 0 fully saturated rings. The summed E-state index contributed by atoms with van der Waals surface area (Å²) in [6, 6.07) is 12.0. The van der Waals surface area contributed by atoms with Crippen molar-refractivity contribution in [2.45, 2.75) is 13.8 Å². The van der Waals surface area contributed by atoms with Crippen LogP contribution in [0.2, 0.25) is 0 Å². The highest BCUT2D eigenvalue weighted by Gasteiger charge is 2.07. The van der Waals surface area contributed by atoms with E-state index in [0.29, 0.717) is 36.0 Å². The van der Waals surface area contributed by atoms with E-state index in [9.17, 15) is 9.59 Å². The zero-order valence-electron chi connectivity index (χ0n) is 15.7. The lowest BCUT2D eigenvalue weighted by Crippen LogP contribution is -2.08. The van der Waals surface area contributed by atoms with Gasteiger partial charge in [0.05, 0.1) is 25.9 Å². The molecule has 0 heterocycles. The van der Waals surface area contributed by atoms with E-state index < -0.39 is 5.97 Å². The summed E-state index contributed by atoms with van der Waals surface area (Å²) < 4.78 is 15.7. The molecule has 2 aromatic carbocycles. The summed E-state index contributed by atoms with van der Waals surface area (Å²) >= 11 is 0. The van der Waals surface area contributed by atoms with Crippen LogP contribution in [0.5, 0.6) is 11.5 Å². The smallest absolute Gasteiger partial charge is 0.337 e. The van der Waals surface area contributed by atoms with Gasteiger partial charge in [0.1, 0.15) is 0 Å². The molecule has 0 spiro atoms. The minimum atomic E-state index is -0.399. The molecule has 142 valence electrons. The second-order valence-electron chi connectivity index (χ2n) is 5.46. The van der Waals surface area contributed by atoms with Crippen LogP contribution in [0, 0.1) is 0 Å². The van der Waals surface area contributed by atoms with Crippen LogP contribution in [-0.4, -0.2) is 32.2 Å². The number of carbonyl (C=O) groups excluding carboxylic acids is 2. The van der Waals surface area contributed by atoms with Crippen molar-refractivity contribution in [1.29, 1.82) is 0 Å². The summed E-state index contributed by atoms with van der Waals surface area (Å²) in [5.74, 6) is 0.542. The first-order valence-corrected chi connectivity index (χ1v) is 8.64. The number of rotatable bonds is 8. The Balaban J connectivity index is 2.03. The van der Waals surface area contributed by atoms with Crippen LogP contribution in [0.1, 0.15) is 29.8 Å². The van der Waals surface area contributed by atoms with E-state index in [1.165, 1.54) is 13.2 Å². The average Bonchev–Trinajstić information content (AvgIpc) is 2.68. The fraction of sp³-hybridized carbons (Fsp3) is 0.238. The van der Waals surface area contributed by atoms with E-state index in [1.807, 2.05) is 13.8 Å². The maximum Gasteiger partial charge on any atom is 0.337 e. The number of esters is 1. The van der Waals surface area contributed by atoms with Crippen molar-refractivity contribution in [3.63, 3.8) is 0 Å². The van der Waals surface area contributed by atoms with Gasteiger partial charge in [-0.15, -0.1) is 0 Å². The Bertz CT molecular complexity index is 812. The molecule has 27 heavy (non-hydrogen) atoms. The van der Waals surface area contributed by atoms with Crippen LogP contribution in [0.3, 0.4) is 0 Å². The molecule has 0 unspecified atom stereocenters. The molecule has 0 radical (unpaired) electrons. The molecule has 1 N–H and O–H groups in total. The van der Waals surface area contributed by atoms with E-state index >= 15 is 0 Å². The van der Waals surface area contributed by atoms with E-state index in [4.69, 9.17) is 9.47 Å². The average molecular weight is 369 g/mol. The summed E-state index contributed by atoms with van der Waals surface area (Å²) in [4.78, 5) is 23.6. The SMILES string of the molecule is CCOc1ccc(NC(=O)/C=C/c2ccc(C(=O)OC)cc2)cc1OCC. The minimum Gasteiger partial charge on any atom is -0.490 e. The molecule has 2 rings (SSSR count). The monoisotopic (exact) mass is 369 g/mol. The van der Waals surface area contributed by atoms with Crippen LogP contribution >= 0.6 is 0 Å². The van der Waals surface area contributed by atoms with Gasteiger partial charge in [-0.1, -0.05) is 12.1 Å². The molecule has 1 amide bonds. The molecule has 0 saturated carbocycles. The fourth-order valence-electron chi connectivity index (χ4n) is 2.33. The highest BCUT2D eigenvalue weighted by atomic mass is 16.5. The van der Waals surface area contributed by atoms with Gasteiger partial charge in [0.2, 0.25) is 5.91 Å². The molecule has 0 bridgehead atoms. The summed E-state index contributed by atoms with van der Waals surface area (Å²) in [6.45, 7) is 4.81. The first-order chi connectivity index (χ1) is 13.1. The topological polar surface area (TPSA) is 73.9 Å². The van der Waals surface area contributed by atoms with Crippen LogP contribution in [0.4, 0.5) is 5.69 Å². The number of benzene rings is 2. The number of hydrogen-bond acceptors (Lipinski definition) is 5. The number of amides is 1. The van der Waals surface area contributed by atoms with Crippen molar-refractivity contribution >= 4 is 23.6 Å². The van der Waals surface area contributed by atoms with Gasteiger partial charge in [0.15, 0.2) is 11.5 Å².